The van der Waals surface area contributed by atoms with Gasteiger partial charge in [0.1, 0.15) is 5.70 Å². The normalized spacial score (nSPS) is 11.8. The molecule has 0 saturated heterocycles. The molecule has 1 atom stereocenters. The summed E-state index contributed by atoms with van der Waals surface area (Å²) in [6.45, 7) is 3.83. The number of benzene rings is 4. The van der Waals surface area contributed by atoms with Gasteiger partial charge >= 0.3 is 0 Å². The van der Waals surface area contributed by atoms with Crippen LogP contribution in [-0.2, 0) is 9.59 Å². The highest BCUT2D eigenvalue weighted by Gasteiger charge is 2.17. The molecule has 3 N–H and O–H groups in total. The largest absolute Gasteiger partial charge is 0.325 e. The van der Waals surface area contributed by atoms with Crippen molar-refractivity contribution in [2.75, 3.05) is 10.6 Å². The van der Waals surface area contributed by atoms with Gasteiger partial charge in [-0.2, -0.15) is 0 Å². The molecule has 6 nitrogen and oxygen atoms in total. The van der Waals surface area contributed by atoms with E-state index >= 15 is 0 Å². The van der Waals surface area contributed by atoms with Crippen LogP contribution in [0.4, 0.5) is 11.4 Å². The average molecular weight is 570 g/mol. The van der Waals surface area contributed by atoms with Crippen LogP contribution in [0.3, 0.4) is 0 Å². The molecule has 202 valence electrons. The number of carbonyl (C=O) groups excluding carboxylic acids is 3. The van der Waals surface area contributed by atoms with Gasteiger partial charge in [0.15, 0.2) is 0 Å². The van der Waals surface area contributed by atoms with Crippen molar-refractivity contribution in [1.29, 1.82) is 0 Å². The minimum absolute atomic E-state index is 0.0657. The van der Waals surface area contributed by atoms with E-state index in [0.29, 0.717) is 21.8 Å². The zero-order valence-corrected chi connectivity index (χ0v) is 23.6. The summed E-state index contributed by atoms with van der Waals surface area (Å²) in [4.78, 5) is 39.5. The van der Waals surface area contributed by atoms with Gasteiger partial charge in [-0.25, -0.2) is 0 Å². The molecular formula is C32H28ClN3O3S. The third kappa shape index (κ3) is 8.33. The standard InChI is InChI=1S/C32H28ClN3O3S/c1-21-11-13-26(14-12-21)34-30(37)22(2)40-28-17-15-27(16-18-28)35-32(39)29(20-23-7-6-10-25(33)19-23)36-31(38)24-8-4-3-5-9-24/h3-20,22H,1-2H3,(H,34,37)(H,35,39)(H,36,38)/b29-20-. The van der Waals surface area contributed by atoms with E-state index in [1.54, 1.807) is 66.7 Å². The van der Waals surface area contributed by atoms with E-state index in [1.165, 1.54) is 11.8 Å². The second kappa shape index (κ2) is 13.6. The minimum Gasteiger partial charge on any atom is -0.325 e. The molecule has 0 aromatic heterocycles. The first-order chi connectivity index (χ1) is 19.3. The van der Waals surface area contributed by atoms with Crippen molar-refractivity contribution in [3.8, 4) is 0 Å². The van der Waals surface area contributed by atoms with Crippen LogP contribution in [-0.4, -0.2) is 23.0 Å². The first kappa shape index (κ1) is 28.7. The highest BCUT2D eigenvalue weighted by atomic mass is 35.5. The molecule has 0 aliphatic carbocycles. The van der Waals surface area contributed by atoms with Crippen molar-refractivity contribution >= 4 is 58.5 Å². The fourth-order valence-corrected chi connectivity index (χ4v) is 4.73. The van der Waals surface area contributed by atoms with Gasteiger partial charge < -0.3 is 16.0 Å². The summed E-state index contributed by atoms with van der Waals surface area (Å²) in [6.07, 6.45) is 1.57. The molecule has 4 aromatic carbocycles. The molecule has 4 aromatic rings. The van der Waals surface area contributed by atoms with E-state index in [-0.39, 0.29) is 16.9 Å². The van der Waals surface area contributed by atoms with Gasteiger partial charge in [-0.15, -0.1) is 11.8 Å². The van der Waals surface area contributed by atoms with Gasteiger partial charge in [-0.05, 0) is 86.2 Å². The number of aryl methyl sites for hydroxylation is 1. The molecule has 0 radical (unpaired) electrons. The Morgan fingerprint density at radius 1 is 0.800 bits per heavy atom. The Labute approximate surface area is 242 Å². The summed E-state index contributed by atoms with van der Waals surface area (Å²) in [5.74, 6) is -1.000. The molecule has 0 aliphatic heterocycles. The summed E-state index contributed by atoms with van der Waals surface area (Å²) in [5.41, 5.74) is 3.57. The summed E-state index contributed by atoms with van der Waals surface area (Å²) in [5, 5.41) is 8.65. The molecule has 0 aliphatic rings. The summed E-state index contributed by atoms with van der Waals surface area (Å²) in [7, 11) is 0. The van der Waals surface area contributed by atoms with Crippen LogP contribution in [0.15, 0.2) is 114 Å². The molecule has 0 spiro atoms. The molecule has 0 heterocycles. The third-order valence-corrected chi connectivity index (χ3v) is 7.15. The van der Waals surface area contributed by atoms with Crippen LogP contribution in [0.25, 0.3) is 6.08 Å². The molecule has 3 amide bonds. The van der Waals surface area contributed by atoms with Crippen LogP contribution < -0.4 is 16.0 Å². The molecule has 8 heteroatoms. The number of carbonyl (C=O) groups is 3. The lowest BCUT2D eigenvalue weighted by molar-refractivity contribution is -0.115. The number of amides is 3. The predicted molar refractivity (Wildman–Crippen MR) is 164 cm³/mol. The van der Waals surface area contributed by atoms with Gasteiger partial charge in [0, 0.05) is 26.9 Å². The molecule has 40 heavy (non-hydrogen) atoms. The first-order valence-electron chi connectivity index (χ1n) is 12.6. The van der Waals surface area contributed by atoms with Crippen molar-refractivity contribution < 1.29 is 14.4 Å². The lowest BCUT2D eigenvalue weighted by Gasteiger charge is -2.14. The highest BCUT2D eigenvalue weighted by Crippen LogP contribution is 2.26. The molecule has 4 rings (SSSR count). The number of thioether (sulfide) groups is 1. The third-order valence-electron chi connectivity index (χ3n) is 5.80. The fraction of sp³-hybridized carbons (Fsp3) is 0.0938. The number of hydrogen-bond donors (Lipinski definition) is 3. The molecular weight excluding hydrogens is 542 g/mol. The van der Waals surface area contributed by atoms with Gasteiger partial charge in [0.2, 0.25) is 5.91 Å². The van der Waals surface area contributed by atoms with Gasteiger partial charge in [0.05, 0.1) is 5.25 Å². The Bertz CT molecular complexity index is 1520. The predicted octanol–water partition coefficient (Wildman–Crippen LogP) is 7.18. The lowest BCUT2D eigenvalue weighted by Crippen LogP contribution is -2.30. The number of nitrogens with one attached hydrogen (secondary N) is 3. The lowest BCUT2D eigenvalue weighted by atomic mass is 10.1. The topological polar surface area (TPSA) is 87.3 Å². The zero-order valence-electron chi connectivity index (χ0n) is 22.0. The van der Waals surface area contributed by atoms with E-state index in [9.17, 15) is 14.4 Å². The summed E-state index contributed by atoms with van der Waals surface area (Å²) < 4.78 is 0. The summed E-state index contributed by atoms with van der Waals surface area (Å²) in [6, 6.07) is 30.4. The fourth-order valence-electron chi connectivity index (χ4n) is 3.66. The van der Waals surface area contributed by atoms with E-state index < -0.39 is 11.8 Å². The highest BCUT2D eigenvalue weighted by molar-refractivity contribution is 8.00. The number of halogens is 1. The van der Waals surface area contributed by atoms with Crippen molar-refractivity contribution in [2.24, 2.45) is 0 Å². The van der Waals surface area contributed by atoms with Crippen molar-refractivity contribution in [2.45, 2.75) is 24.0 Å². The van der Waals surface area contributed by atoms with Gasteiger partial charge in [0.25, 0.3) is 11.8 Å². The van der Waals surface area contributed by atoms with Crippen LogP contribution in [0, 0.1) is 6.92 Å². The number of anilines is 2. The number of hydrogen-bond acceptors (Lipinski definition) is 4. The summed E-state index contributed by atoms with van der Waals surface area (Å²) >= 11 is 7.52. The average Bonchev–Trinajstić information content (AvgIpc) is 2.95. The monoisotopic (exact) mass is 569 g/mol. The van der Waals surface area contributed by atoms with Crippen molar-refractivity contribution in [1.82, 2.24) is 5.32 Å². The molecule has 1 unspecified atom stereocenters. The van der Waals surface area contributed by atoms with Crippen LogP contribution >= 0.6 is 23.4 Å². The first-order valence-corrected chi connectivity index (χ1v) is 13.8. The quantitative estimate of drug-likeness (QED) is 0.147. The Morgan fingerprint density at radius 2 is 1.45 bits per heavy atom. The molecule has 0 saturated carbocycles. The molecule has 0 fully saturated rings. The second-order valence-electron chi connectivity index (χ2n) is 9.03. The molecule has 0 bridgehead atoms. The van der Waals surface area contributed by atoms with Crippen molar-refractivity contribution in [3.63, 3.8) is 0 Å². The van der Waals surface area contributed by atoms with E-state index in [1.807, 2.05) is 56.3 Å². The van der Waals surface area contributed by atoms with E-state index in [2.05, 4.69) is 16.0 Å². The second-order valence-corrected chi connectivity index (χ2v) is 10.9. The minimum atomic E-state index is -0.490. The SMILES string of the molecule is Cc1ccc(NC(=O)C(C)Sc2ccc(NC(=O)/C(=C/c3cccc(Cl)c3)NC(=O)c3ccccc3)cc2)cc1. The smallest absolute Gasteiger partial charge is 0.272 e. The maximum atomic E-state index is 13.2. The van der Waals surface area contributed by atoms with Crippen LogP contribution in [0.2, 0.25) is 5.02 Å². The van der Waals surface area contributed by atoms with E-state index in [0.717, 1.165) is 16.1 Å². The van der Waals surface area contributed by atoms with Gasteiger partial charge in [-0.1, -0.05) is 59.6 Å². The maximum Gasteiger partial charge on any atom is 0.272 e. The van der Waals surface area contributed by atoms with Gasteiger partial charge in [-0.3, -0.25) is 14.4 Å². The zero-order chi connectivity index (χ0) is 28.5. The van der Waals surface area contributed by atoms with Crippen LogP contribution in [0.5, 0.6) is 0 Å². The Balaban J connectivity index is 1.42. The number of rotatable bonds is 9. The van der Waals surface area contributed by atoms with Crippen molar-refractivity contribution in [3.05, 3.63) is 131 Å². The van der Waals surface area contributed by atoms with Crippen LogP contribution in [0.1, 0.15) is 28.4 Å². The maximum absolute atomic E-state index is 13.2. The Hall–Kier alpha value is -4.33. The Kier molecular flexibility index (Phi) is 9.78. The Morgan fingerprint density at radius 3 is 2.12 bits per heavy atom. The van der Waals surface area contributed by atoms with E-state index in [4.69, 9.17) is 11.6 Å².